The van der Waals surface area contributed by atoms with E-state index >= 15 is 0 Å². The number of benzene rings is 2. The summed E-state index contributed by atoms with van der Waals surface area (Å²) < 4.78 is 6.29. The molecule has 1 heterocycles. The fraction of sp³-hybridized carbons (Fsp3) is 0.133. The second-order valence-electron chi connectivity index (χ2n) is 4.63. The van der Waals surface area contributed by atoms with Gasteiger partial charge in [-0.1, -0.05) is 18.2 Å². The molecule has 4 nitrogen and oxygen atoms in total. The van der Waals surface area contributed by atoms with Crippen LogP contribution in [0, 0.1) is 0 Å². The van der Waals surface area contributed by atoms with E-state index in [1.165, 1.54) is 0 Å². The summed E-state index contributed by atoms with van der Waals surface area (Å²) >= 11 is 3.39. The predicted octanol–water partition coefficient (Wildman–Crippen LogP) is 3.15. The Labute approximate surface area is 125 Å². The highest BCUT2D eigenvalue weighted by Gasteiger charge is 2.30. The molecule has 0 saturated heterocycles. The van der Waals surface area contributed by atoms with Crippen LogP contribution in [0.1, 0.15) is 11.5 Å². The standard InChI is InChI=1S/C15H13BrN2O2/c16-12-7-9(17)5-6-13(12)18-15(19)11-8-20-14-4-2-1-3-10(11)14/h1-7,11H,8,17H2,(H,18,19). The van der Waals surface area contributed by atoms with Crippen LogP contribution in [0.3, 0.4) is 0 Å². The van der Waals surface area contributed by atoms with E-state index < -0.39 is 0 Å². The number of nitrogens with two attached hydrogens (primary N) is 1. The third-order valence-electron chi connectivity index (χ3n) is 3.27. The molecule has 0 radical (unpaired) electrons. The Morgan fingerprint density at radius 2 is 2.10 bits per heavy atom. The van der Waals surface area contributed by atoms with Crippen LogP contribution in [-0.4, -0.2) is 12.5 Å². The molecule has 0 saturated carbocycles. The quantitative estimate of drug-likeness (QED) is 0.830. The second kappa shape index (κ2) is 5.17. The highest BCUT2D eigenvalue weighted by molar-refractivity contribution is 9.10. The highest BCUT2D eigenvalue weighted by Crippen LogP contribution is 2.35. The third kappa shape index (κ3) is 2.36. The van der Waals surface area contributed by atoms with Crippen molar-refractivity contribution in [2.45, 2.75) is 5.92 Å². The molecule has 0 aromatic heterocycles. The molecule has 20 heavy (non-hydrogen) atoms. The van der Waals surface area contributed by atoms with Crippen molar-refractivity contribution < 1.29 is 9.53 Å². The topological polar surface area (TPSA) is 64.3 Å². The number of ether oxygens (including phenoxy) is 1. The summed E-state index contributed by atoms with van der Waals surface area (Å²) in [5.41, 5.74) is 7.95. The molecule has 102 valence electrons. The normalized spacial score (nSPS) is 16.4. The second-order valence-corrected chi connectivity index (χ2v) is 5.48. The summed E-state index contributed by atoms with van der Waals surface area (Å²) in [7, 11) is 0. The number of nitrogens with one attached hydrogen (secondary N) is 1. The average Bonchev–Trinajstić information content (AvgIpc) is 2.86. The van der Waals surface area contributed by atoms with Crippen molar-refractivity contribution in [3.63, 3.8) is 0 Å². The summed E-state index contributed by atoms with van der Waals surface area (Å²) in [5.74, 6) is 0.417. The number of carbonyl (C=O) groups is 1. The molecule has 1 aliphatic rings. The Hall–Kier alpha value is -2.01. The molecule has 0 fully saturated rings. The van der Waals surface area contributed by atoms with Gasteiger partial charge in [0, 0.05) is 15.7 Å². The maximum Gasteiger partial charge on any atom is 0.235 e. The summed E-state index contributed by atoms with van der Waals surface area (Å²) in [5, 5.41) is 2.90. The van der Waals surface area contributed by atoms with Gasteiger partial charge in [-0.05, 0) is 40.2 Å². The van der Waals surface area contributed by atoms with Gasteiger partial charge in [0.05, 0.1) is 5.69 Å². The summed E-state index contributed by atoms with van der Waals surface area (Å²) in [6, 6.07) is 12.9. The van der Waals surface area contributed by atoms with Crippen LogP contribution in [0.5, 0.6) is 5.75 Å². The van der Waals surface area contributed by atoms with Gasteiger partial charge in [0.15, 0.2) is 0 Å². The fourth-order valence-electron chi connectivity index (χ4n) is 2.23. The van der Waals surface area contributed by atoms with Gasteiger partial charge in [-0.3, -0.25) is 4.79 Å². The molecular weight excluding hydrogens is 320 g/mol. The van der Waals surface area contributed by atoms with Gasteiger partial charge in [-0.2, -0.15) is 0 Å². The van der Waals surface area contributed by atoms with Crippen molar-refractivity contribution in [3.8, 4) is 5.75 Å². The molecule has 1 atom stereocenters. The number of fused-ring (bicyclic) bond motifs is 1. The van der Waals surface area contributed by atoms with E-state index in [1.807, 2.05) is 24.3 Å². The smallest absolute Gasteiger partial charge is 0.235 e. The van der Waals surface area contributed by atoms with Crippen LogP contribution in [0.4, 0.5) is 11.4 Å². The van der Waals surface area contributed by atoms with Gasteiger partial charge in [-0.25, -0.2) is 0 Å². The van der Waals surface area contributed by atoms with E-state index in [4.69, 9.17) is 10.5 Å². The lowest BCUT2D eigenvalue weighted by Crippen LogP contribution is -2.22. The molecule has 3 rings (SSSR count). The van der Waals surface area contributed by atoms with Crippen molar-refractivity contribution in [2.24, 2.45) is 0 Å². The van der Waals surface area contributed by atoms with Crippen LogP contribution in [0.15, 0.2) is 46.9 Å². The number of nitrogen functional groups attached to an aromatic ring is 1. The SMILES string of the molecule is Nc1ccc(NC(=O)C2COc3ccccc32)c(Br)c1. The van der Waals surface area contributed by atoms with Crippen molar-refractivity contribution >= 4 is 33.2 Å². The van der Waals surface area contributed by atoms with E-state index in [-0.39, 0.29) is 11.8 Å². The minimum absolute atomic E-state index is 0.0829. The number of anilines is 2. The lowest BCUT2D eigenvalue weighted by Gasteiger charge is -2.12. The largest absolute Gasteiger partial charge is 0.492 e. The van der Waals surface area contributed by atoms with E-state index in [0.29, 0.717) is 18.0 Å². The lowest BCUT2D eigenvalue weighted by molar-refractivity contribution is -0.117. The van der Waals surface area contributed by atoms with Gasteiger partial charge in [-0.15, -0.1) is 0 Å². The molecule has 0 bridgehead atoms. The number of hydrogen-bond acceptors (Lipinski definition) is 3. The summed E-state index contributed by atoms with van der Waals surface area (Å²) in [6.07, 6.45) is 0. The lowest BCUT2D eigenvalue weighted by atomic mass is 10.0. The monoisotopic (exact) mass is 332 g/mol. The molecule has 5 heteroatoms. The third-order valence-corrected chi connectivity index (χ3v) is 3.92. The maximum atomic E-state index is 12.4. The van der Waals surface area contributed by atoms with Crippen LogP contribution in [0.25, 0.3) is 0 Å². The van der Waals surface area contributed by atoms with E-state index in [9.17, 15) is 4.79 Å². The van der Waals surface area contributed by atoms with Crippen LogP contribution in [0.2, 0.25) is 0 Å². The molecule has 0 spiro atoms. The van der Waals surface area contributed by atoms with Crippen LogP contribution >= 0.6 is 15.9 Å². The maximum absolute atomic E-state index is 12.4. The summed E-state index contributed by atoms with van der Waals surface area (Å²) in [6.45, 7) is 0.373. The van der Waals surface area contributed by atoms with Gasteiger partial charge in [0.25, 0.3) is 0 Å². The minimum Gasteiger partial charge on any atom is -0.492 e. The summed E-state index contributed by atoms with van der Waals surface area (Å²) in [4.78, 5) is 12.4. The van der Waals surface area contributed by atoms with Gasteiger partial charge in [0.2, 0.25) is 5.91 Å². The average molecular weight is 333 g/mol. The van der Waals surface area contributed by atoms with Crippen molar-refractivity contribution in [3.05, 3.63) is 52.5 Å². The molecule has 2 aromatic carbocycles. The van der Waals surface area contributed by atoms with E-state index in [0.717, 1.165) is 15.8 Å². The fourth-order valence-corrected chi connectivity index (χ4v) is 2.73. The van der Waals surface area contributed by atoms with Crippen LogP contribution < -0.4 is 15.8 Å². The Balaban J connectivity index is 1.81. The van der Waals surface area contributed by atoms with E-state index in [1.54, 1.807) is 18.2 Å². The zero-order valence-corrected chi connectivity index (χ0v) is 12.2. The number of hydrogen-bond donors (Lipinski definition) is 2. The first kappa shape index (κ1) is 13.0. The number of carbonyl (C=O) groups excluding carboxylic acids is 1. The van der Waals surface area contributed by atoms with Crippen molar-refractivity contribution in [1.82, 2.24) is 0 Å². The van der Waals surface area contributed by atoms with Gasteiger partial charge in [0.1, 0.15) is 18.3 Å². The van der Waals surface area contributed by atoms with Crippen LogP contribution in [-0.2, 0) is 4.79 Å². The first-order valence-corrected chi connectivity index (χ1v) is 7.02. The van der Waals surface area contributed by atoms with Gasteiger partial charge >= 0.3 is 0 Å². The Kier molecular flexibility index (Phi) is 3.36. The van der Waals surface area contributed by atoms with Crippen molar-refractivity contribution in [1.29, 1.82) is 0 Å². The Morgan fingerprint density at radius 3 is 2.90 bits per heavy atom. The Morgan fingerprint density at radius 1 is 1.30 bits per heavy atom. The molecule has 1 unspecified atom stereocenters. The van der Waals surface area contributed by atoms with Crippen molar-refractivity contribution in [2.75, 3.05) is 17.7 Å². The minimum atomic E-state index is -0.282. The first-order valence-electron chi connectivity index (χ1n) is 6.23. The molecule has 0 aliphatic carbocycles. The molecule has 2 aromatic rings. The molecular formula is C15H13BrN2O2. The molecule has 1 amide bonds. The molecule has 3 N–H and O–H groups in total. The first-order chi connectivity index (χ1) is 9.65. The zero-order valence-electron chi connectivity index (χ0n) is 10.6. The van der Waals surface area contributed by atoms with Gasteiger partial charge < -0.3 is 15.8 Å². The zero-order chi connectivity index (χ0) is 14.1. The number of para-hydroxylation sites is 1. The Bertz CT molecular complexity index is 673. The number of amides is 1. The predicted molar refractivity (Wildman–Crippen MR) is 81.9 cm³/mol. The van der Waals surface area contributed by atoms with E-state index in [2.05, 4.69) is 21.2 Å². The molecule has 1 aliphatic heterocycles. The number of rotatable bonds is 2. The number of halogens is 1. The highest BCUT2D eigenvalue weighted by atomic mass is 79.9.